The minimum Gasteiger partial charge on any atom is -0.484 e. The van der Waals surface area contributed by atoms with Crippen molar-refractivity contribution in [3.05, 3.63) is 54.1 Å². The predicted molar refractivity (Wildman–Crippen MR) is 108 cm³/mol. The van der Waals surface area contributed by atoms with E-state index >= 15 is 0 Å². The molecule has 0 atom stereocenters. The molecule has 0 radical (unpaired) electrons. The fourth-order valence-corrected chi connectivity index (χ4v) is 2.66. The van der Waals surface area contributed by atoms with Gasteiger partial charge in [-0.15, -0.1) is 0 Å². The summed E-state index contributed by atoms with van der Waals surface area (Å²) in [5, 5.41) is 5.38. The van der Waals surface area contributed by atoms with Crippen molar-refractivity contribution >= 4 is 23.2 Å². The third-order valence-electron chi connectivity index (χ3n) is 4.17. The number of aryl methyl sites for hydroxylation is 1. The minimum atomic E-state index is -0.345. The molecule has 2 N–H and O–H groups in total. The van der Waals surface area contributed by atoms with Gasteiger partial charge in [0.25, 0.3) is 5.91 Å². The van der Waals surface area contributed by atoms with Crippen molar-refractivity contribution in [2.24, 2.45) is 0 Å². The van der Waals surface area contributed by atoms with E-state index in [0.29, 0.717) is 5.75 Å². The van der Waals surface area contributed by atoms with Crippen LogP contribution in [0.4, 0.5) is 11.4 Å². The molecule has 144 valence electrons. The summed E-state index contributed by atoms with van der Waals surface area (Å²) in [6.07, 6.45) is 0. The Bertz CT molecular complexity index is 759. The molecule has 27 heavy (non-hydrogen) atoms. The number of anilines is 2. The molecule has 6 heteroatoms. The zero-order valence-corrected chi connectivity index (χ0v) is 16.1. The molecule has 0 aliphatic heterocycles. The molecule has 0 aliphatic rings. The van der Waals surface area contributed by atoms with E-state index < -0.39 is 0 Å². The molecule has 2 rings (SSSR count). The fourth-order valence-electron chi connectivity index (χ4n) is 2.66. The highest BCUT2D eigenvalue weighted by Gasteiger charge is 2.10. The number of benzene rings is 2. The Balaban J connectivity index is 1.80. The van der Waals surface area contributed by atoms with Gasteiger partial charge in [0.1, 0.15) is 5.75 Å². The fraction of sp³-hybridized carbons (Fsp3) is 0.333. The number of carbonyl (C=O) groups is 2. The van der Waals surface area contributed by atoms with Gasteiger partial charge in [-0.05, 0) is 56.7 Å². The van der Waals surface area contributed by atoms with Crippen LogP contribution in [0.2, 0.25) is 0 Å². The third-order valence-corrected chi connectivity index (χ3v) is 4.17. The third kappa shape index (κ3) is 6.33. The lowest BCUT2D eigenvalue weighted by molar-refractivity contribution is -0.125. The van der Waals surface area contributed by atoms with E-state index in [1.54, 1.807) is 12.1 Å². The first-order chi connectivity index (χ1) is 13.0. The van der Waals surface area contributed by atoms with Crippen molar-refractivity contribution in [3.8, 4) is 5.75 Å². The second-order valence-electron chi connectivity index (χ2n) is 6.10. The summed E-state index contributed by atoms with van der Waals surface area (Å²) >= 11 is 0. The van der Waals surface area contributed by atoms with E-state index in [-0.39, 0.29) is 25.0 Å². The van der Waals surface area contributed by atoms with Crippen molar-refractivity contribution in [1.82, 2.24) is 5.32 Å². The number of para-hydroxylation sites is 1. The van der Waals surface area contributed by atoms with Crippen molar-refractivity contribution in [3.63, 3.8) is 0 Å². The summed E-state index contributed by atoms with van der Waals surface area (Å²) in [6, 6.07) is 15.0. The van der Waals surface area contributed by atoms with Crippen LogP contribution < -0.4 is 20.3 Å². The van der Waals surface area contributed by atoms with Gasteiger partial charge in [-0.2, -0.15) is 0 Å². The first-order valence-corrected chi connectivity index (χ1v) is 9.13. The van der Waals surface area contributed by atoms with Crippen molar-refractivity contribution < 1.29 is 14.3 Å². The molecular weight excluding hydrogens is 342 g/mol. The van der Waals surface area contributed by atoms with Crippen LogP contribution in [0.15, 0.2) is 48.5 Å². The second kappa shape index (κ2) is 10.2. The summed E-state index contributed by atoms with van der Waals surface area (Å²) in [4.78, 5) is 26.1. The Morgan fingerprint density at radius 1 is 1.00 bits per heavy atom. The average Bonchev–Trinajstić information content (AvgIpc) is 2.68. The van der Waals surface area contributed by atoms with Gasteiger partial charge in [-0.25, -0.2) is 0 Å². The summed E-state index contributed by atoms with van der Waals surface area (Å²) < 4.78 is 5.35. The zero-order valence-electron chi connectivity index (χ0n) is 16.1. The minimum absolute atomic E-state index is 0.103. The van der Waals surface area contributed by atoms with E-state index in [1.807, 2.05) is 37.3 Å². The molecule has 2 amide bonds. The normalized spacial score (nSPS) is 10.2. The number of nitrogens with zero attached hydrogens (tertiary/aromatic N) is 1. The molecule has 2 aromatic rings. The number of hydrogen-bond donors (Lipinski definition) is 2. The zero-order chi connectivity index (χ0) is 19.6. The number of carbonyl (C=O) groups excluding carboxylic acids is 2. The molecule has 0 unspecified atom stereocenters. The molecule has 0 fully saturated rings. The van der Waals surface area contributed by atoms with E-state index in [1.165, 1.54) is 0 Å². The Morgan fingerprint density at radius 2 is 1.70 bits per heavy atom. The molecule has 0 aromatic heterocycles. The summed E-state index contributed by atoms with van der Waals surface area (Å²) in [7, 11) is 0. The van der Waals surface area contributed by atoms with Gasteiger partial charge in [-0.1, -0.05) is 18.2 Å². The Kier molecular flexibility index (Phi) is 7.67. The van der Waals surface area contributed by atoms with Crippen molar-refractivity contribution in [2.45, 2.75) is 20.8 Å². The van der Waals surface area contributed by atoms with E-state index in [2.05, 4.69) is 35.4 Å². The SMILES string of the molecule is CCN(CC)c1ccc(NC(=O)CNC(=O)COc2ccccc2)c(C)c1. The largest absolute Gasteiger partial charge is 0.484 e. The van der Waals surface area contributed by atoms with Gasteiger partial charge < -0.3 is 20.3 Å². The van der Waals surface area contributed by atoms with E-state index in [4.69, 9.17) is 4.74 Å². The quantitative estimate of drug-likeness (QED) is 0.713. The summed E-state index contributed by atoms with van der Waals surface area (Å²) in [6.45, 7) is 7.80. The maximum atomic E-state index is 12.1. The monoisotopic (exact) mass is 369 g/mol. The summed E-state index contributed by atoms with van der Waals surface area (Å²) in [5.41, 5.74) is 2.85. The maximum Gasteiger partial charge on any atom is 0.258 e. The molecule has 0 heterocycles. The highest BCUT2D eigenvalue weighted by atomic mass is 16.5. The maximum absolute atomic E-state index is 12.1. The van der Waals surface area contributed by atoms with Crippen LogP contribution in [0.25, 0.3) is 0 Å². The Hall–Kier alpha value is -3.02. The predicted octanol–water partition coefficient (Wildman–Crippen LogP) is 2.97. The van der Waals surface area contributed by atoms with Gasteiger partial charge in [0.15, 0.2) is 6.61 Å². The van der Waals surface area contributed by atoms with Gasteiger partial charge in [0.05, 0.1) is 6.54 Å². The van der Waals surface area contributed by atoms with Crippen LogP contribution in [0.3, 0.4) is 0 Å². The van der Waals surface area contributed by atoms with Crippen LogP contribution >= 0.6 is 0 Å². The topological polar surface area (TPSA) is 70.7 Å². The highest BCUT2D eigenvalue weighted by molar-refractivity contribution is 5.95. The average molecular weight is 369 g/mol. The molecule has 6 nitrogen and oxygen atoms in total. The standard InChI is InChI=1S/C21H27N3O3/c1-4-24(5-2)17-11-12-19(16(3)13-17)23-20(25)14-22-21(26)15-27-18-9-7-6-8-10-18/h6-13H,4-5,14-15H2,1-3H3,(H,22,26)(H,23,25). The number of amides is 2. The van der Waals surface area contributed by atoms with Crippen LogP contribution in [0.1, 0.15) is 19.4 Å². The molecule has 0 spiro atoms. The van der Waals surface area contributed by atoms with Gasteiger partial charge >= 0.3 is 0 Å². The van der Waals surface area contributed by atoms with Crippen LogP contribution in [-0.4, -0.2) is 38.1 Å². The summed E-state index contributed by atoms with van der Waals surface area (Å²) in [5.74, 6) is -0.00891. The highest BCUT2D eigenvalue weighted by Crippen LogP contribution is 2.22. The van der Waals surface area contributed by atoms with Crippen LogP contribution in [-0.2, 0) is 9.59 Å². The van der Waals surface area contributed by atoms with E-state index in [9.17, 15) is 9.59 Å². The first kappa shape index (κ1) is 20.3. The van der Waals surface area contributed by atoms with Crippen LogP contribution in [0.5, 0.6) is 5.75 Å². The second-order valence-corrected chi connectivity index (χ2v) is 6.10. The van der Waals surface area contributed by atoms with Crippen molar-refractivity contribution in [2.75, 3.05) is 36.5 Å². The van der Waals surface area contributed by atoms with Crippen molar-refractivity contribution in [1.29, 1.82) is 0 Å². The van der Waals surface area contributed by atoms with E-state index in [0.717, 1.165) is 30.0 Å². The smallest absolute Gasteiger partial charge is 0.258 e. The Morgan fingerprint density at radius 3 is 2.33 bits per heavy atom. The number of nitrogens with one attached hydrogen (secondary N) is 2. The molecule has 0 bridgehead atoms. The molecule has 0 saturated carbocycles. The first-order valence-electron chi connectivity index (χ1n) is 9.13. The lowest BCUT2D eigenvalue weighted by Gasteiger charge is -2.22. The lowest BCUT2D eigenvalue weighted by atomic mass is 10.1. The van der Waals surface area contributed by atoms with Gasteiger partial charge in [0.2, 0.25) is 5.91 Å². The van der Waals surface area contributed by atoms with Gasteiger partial charge in [0, 0.05) is 24.5 Å². The number of hydrogen-bond acceptors (Lipinski definition) is 4. The molecular formula is C21H27N3O3. The lowest BCUT2D eigenvalue weighted by Crippen LogP contribution is -2.35. The number of ether oxygens (including phenoxy) is 1. The van der Waals surface area contributed by atoms with Crippen LogP contribution in [0, 0.1) is 6.92 Å². The Labute approximate surface area is 160 Å². The molecule has 2 aromatic carbocycles. The molecule has 0 aliphatic carbocycles. The van der Waals surface area contributed by atoms with Gasteiger partial charge in [-0.3, -0.25) is 9.59 Å². The molecule has 0 saturated heterocycles. The number of rotatable bonds is 9.